The summed E-state index contributed by atoms with van der Waals surface area (Å²) in [6.07, 6.45) is -0.705. The van der Waals surface area contributed by atoms with E-state index in [0.717, 1.165) is 12.1 Å². The van der Waals surface area contributed by atoms with Crippen LogP contribution in [0.3, 0.4) is 0 Å². The van der Waals surface area contributed by atoms with Gasteiger partial charge < -0.3 is 4.98 Å². The summed E-state index contributed by atoms with van der Waals surface area (Å²) in [4.78, 5) is 24.0. The quantitative estimate of drug-likeness (QED) is 0.467. The molecule has 0 saturated heterocycles. The minimum Gasteiger partial charge on any atom is -0.332 e. The zero-order valence-electron chi connectivity index (χ0n) is 16.4. The molecule has 0 aliphatic carbocycles. The molecular weight excluding hydrogens is 416 g/mol. The first-order valence-corrected chi connectivity index (χ1v) is 9.54. The number of hydrogen-bond acceptors (Lipinski definition) is 4. The topological polar surface area (TPSA) is 81.4 Å². The van der Waals surface area contributed by atoms with Gasteiger partial charge in [0.15, 0.2) is 11.2 Å². The number of imidazole rings is 1. The number of fused-ring (bicyclic) bond motifs is 1. The fourth-order valence-corrected chi connectivity index (χ4v) is 3.33. The van der Waals surface area contributed by atoms with Crippen LogP contribution in [0.5, 0.6) is 0 Å². The first-order chi connectivity index (χ1) is 14.8. The van der Waals surface area contributed by atoms with Crippen LogP contribution in [0.4, 0.5) is 17.6 Å². The molecular formula is C20H18F4N6O. The second kappa shape index (κ2) is 7.97. The molecule has 31 heavy (non-hydrogen) atoms. The Morgan fingerprint density at radius 2 is 2.00 bits per heavy atom. The van der Waals surface area contributed by atoms with Crippen LogP contribution in [0.2, 0.25) is 0 Å². The van der Waals surface area contributed by atoms with Gasteiger partial charge in [0.1, 0.15) is 18.3 Å². The summed E-state index contributed by atoms with van der Waals surface area (Å²) < 4.78 is 54.8. The monoisotopic (exact) mass is 434 g/mol. The Morgan fingerprint density at radius 3 is 2.71 bits per heavy atom. The van der Waals surface area contributed by atoms with E-state index >= 15 is 0 Å². The van der Waals surface area contributed by atoms with Crippen molar-refractivity contribution in [3.63, 3.8) is 0 Å². The number of H-pyrrole nitrogens is 1. The summed E-state index contributed by atoms with van der Waals surface area (Å²) in [7, 11) is 0. The second-order valence-corrected chi connectivity index (χ2v) is 7.03. The number of halogens is 4. The number of hydrogen-bond donors (Lipinski definition) is 1. The van der Waals surface area contributed by atoms with Crippen molar-refractivity contribution in [2.45, 2.75) is 39.3 Å². The lowest BCUT2D eigenvalue weighted by Crippen LogP contribution is -2.25. The summed E-state index contributed by atoms with van der Waals surface area (Å²) in [6, 6.07) is 5.01. The maximum Gasteiger partial charge on any atom is 0.416 e. The molecule has 0 radical (unpaired) electrons. The molecule has 0 aliphatic heterocycles. The van der Waals surface area contributed by atoms with Gasteiger partial charge in [-0.2, -0.15) is 18.3 Å². The van der Waals surface area contributed by atoms with Gasteiger partial charge >= 0.3 is 6.18 Å². The van der Waals surface area contributed by atoms with Gasteiger partial charge in [0, 0.05) is 12.7 Å². The molecule has 7 nitrogen and oxygen atoms in total. The lowest BCUT2D eigenvalue weighted by molar-refractivity contribution is -0.137. The van der Waals surface area contributed by atoms with E-state index in [1.54, 1.807) is 12.3 Å². The molecule has 0 bridgehead atoms. The lowest BCUT2D eigenvalue weighted by atomic mass is 10.1. The van der Waals surface area contributed by atoms with Crippen LogP contribution in [0.25, 0.3) is 22.6 Å². The summed E-state index contributed by atoms with van der Waals surface area (Å²) in [6.45, 7) is 1.44. The molecule has 162 valence electrons. The van der Waals surface area contributed by atoms with Crippen molar-refractivity contribution in [2.75, 3.05) is 0 Å². The Kier molecular flexibility index (Phi) is 5.34. The number of benzene rings is 1. The Labute approximate surface area is 173 Å². The average molecular weight is 434 g/mol. The smallest absolute Gasteiger partial charge is 0.332 e. The minimum absolute atomic E-state index is 0.0117. The van der Waals surface area contributed by atoms with Crippen LogP contribution in [-0.4, -0.2) is 29.3 Å². The highest BCUT2D eigenvalue weighted by atomic mass is 19.4. The van der Waals surface area contributed by atoms with Gasteiger partial charge in [-0.15, -0.1) is 0 Å². The fraction of sp³-hybridized carbons (Fsp3) is 0.300. The lowest BCUT2D eigenvalue weighted by Gasteiger charge is -2.08. The molecule has 4 aromatic rings. The standard InChI is InChI=1S/C20H18F4N6O/c1-2-6-30-15(8-21)26-18-16(19(30)31)27-17(28-18)13-9-25-29(11-13)10-12-4-3-5-14(7-12)20(22,23)24/h3-5,7,9,11H,2,6,8,10H2,1H3,(H,27,28). The zero-order chi connectivity index (χ0) is 22.2. The molecule has 0 saturated carbocycles. The molecule has 4 rings (SSSR count). The predicted molar refractivity (Wildman–Crippen MR) is 105 cm³/mol. The van der Waals surface area contributed by atoms with E-state index in [4.69, 9.17) is 0 Å². The largest absolute Gasteiger partial charge is 0.416 e. The van der Waals surface area contributed by atoms with E-state index in [9.17, 15) is 22.4 Å². The Bertz CT molecular complexity index is 1290. The zero-order valence-corrected chi connectivity index (χ0v) is 16.4. The molecule has 11 heteroatoms. The van der Waals surface area contributed by atoms with Crippen molar-refractivity contribution >= 4 is 11.2 Å². The van der Waals surface area contributed by atoms with Crippen molar-refractivity contribution in [3.05, 3.63) is 64.0 Å². The SMILES string of the molecule is CCCn1c(CF)nc2nc(-c3cnn(Cc4cccc(C(F)(F)F)c4)c3)[nH]c2c1=O. The van der Waals surface area contributed by atoms with Crippen LogP contribution < -0.4 is 5.56 Å². The van der Waals surface area contributed by atoms with E-state index in [1.807, 2.05) is 6.92 Å². The van der Waals surface area contributed by atoms with Crippen molar-refractivity contribution in [2.24, 2.45) is 0 Å². The summed E-state index contributed by atoms with van der Waals surface area (Å²) >= 11 is 0. The number of aromatic nitrogens is 6. The molecule has 1 N–H and O–H groups in total. The van der Waals surface area contributed by atoms with Crippen LogP contribution in [0.1, 0.15) is 30.3 Å². The van der Waals surface area contributed by atoms with Gasteiger partial charge in [0.25, 0.3) is 5.56 Å². The van der Waals surface area contributed by atoms with Crippen molar-refractivity contribution in [3.8, 4) is 11.4 Å². The third kappa shape index (κ3) is 4.07. The van der Waals surface area contributed by atoms with E-state index in [-0.39, 0.29) is 23.5 Å². The molecule has 0 aliphatic rings. The predicted octanol–water partition coefficient (Wildman–Crippen LogP) is 3.93. The number of aromatic amines is 1. The fourth-order valence-electron chi connectivity index (χ4n) is 3.33. The molecule has 1 aromatic carbocycles. The molecule has 0 fully saturated rings. The molecule has 0 atom stereocenters. The third-order valence-corrected chi connectivity index (χ3v) is 4.76. The third-order valence-electron chi connectivity index (χ3n) is 4.76. The molecule has 0 unspecified atom stereocenters. The normalized spacial score (nSPS) is 12.0. The van der Waals surface area contributed by atoms with Gasteiger partial charge in [0.2, 0.25) is 0 Å². The van der Waals surface area contributed by atoms with Crippen LogP contribution >= 0.6 is 0 Å². The van der Waals surface area contributed by atoms with E-state index in [1.165, 1.54) is 21.5 Å². The molecule has 3 aromatic heterocycles. The van der Waals surface area contributed by atoms with Gasteiger partial charge in [-0.3, -0.25) is 14.0 Å². The van der Waals surface area contributed by atoms with Crippen LogP contribution in [0, 0.1) is 0 Å². The van der Waals surface area contributed by atoms with Gasteiger partial charge in [-0.25, -0.2) is 14.4 Å². The Morgan fingerprint density at radius 1 is 1.19 bits per heavy atom. The highest BCUT2D eigenvalue weighted by Crippen LogP contribution is 2.29. The first-order valence-electron chi connectivity index (χ1n) is 9.54. The summed E-state index contributed by atoms with van der Waals surface area (Å²) in [5.41, 5.74) is 0.0817. The Hall–Kier alpha value is -3.50. The number of nitrogens with zero attached hydrogens (tertiary/aromatic N) is 5. The minimum atomic E-state index is -4.42. The molecule has 0 spiro atoms. The summed E-state index contributed by atoms with van der Waals surface area (Å²) in [5.74, 6) is 0.326. The molecule has 3 heterocycles. The van der Waals surface area contributed by atoms with Crippen LogP contribution in [0.15, 0.2) is 41.5 Å². The van der Waals surface area contributed by atoms with E-state index < -0.39 is 24.0 Å². The van der Waals surface area contributed by atoms with Crippen molar-refractivity contribution < 1.29 is 17.6 Å². The first kappa shape index (κ1) is 20.8. The summed E-state index contributed by atoms with van der Waals surface area (Å²) in [5, 5.41) is 4.16. The average Bonchev–Trinajstić information content (AvgIpc) is 3.36. The van der Waals surface area contributed by atoms with E-state index in [0.29, 0.717) is 29.9 Å². The number of alkyl halides is 4. The van der Waals surface area contributed by atoms with E-state index in [2.05, 4.69) is 20.1 Å². The Balaban J connectivity index is 1.65. The van der Waals surface area contributed by atoms with Gasteiger partial charge in [-0.05, 0) is 24.1 Å². The van der Waals surface area contributed by atoms with Crippen molar-refractivity contribution in [1.82, 2.24) is 29.3 Å². The van der Waals surface area contributed by atoms with Gasteiger partial charge in [-0.1, -0.05) is 19.1 Å². The van der Waals surface area contributed by atoms with Crippen LogP contribution in [-0.2, 0) is 25.9 Å². The number of rotatable bonds is 6. The number of nitrogens with one attached hydrogen (secondary N) is 1. The maximum absolute atomic E-state index is 13.3. The molecule has 0 amide bonds. The maximum atomic E-state index is 13.3. The highest BCUT2D eigenvalue weighted by Gasteiger charge is 2.30. The van der Waals surface area contributed by atoms with Gasteiger partial charge in [0.05, 0.1) is 23.9 Å². The second-order valence-electron chi connectivity index (χ2n) is 7.03. The highest BCUT2D eigenvalue weighted by molar-refractivity contribution is 5.74. The van der Waals surface area contributed by atoms with Crippen molar-refractivity contribution in [1.29, 1.82) is 0 Å².